The smallest absolute Gasteiger partial charge is 0.247 e. The van der Waals surface area contributed by atoms with E-state index < -0.39 is 0 Å². The molecule has 19 heavy (non-hydrogen) atoms. The fourth-order valence-electron chi connectivity index (χ4n) is 2.08. The summed E-state index contributed by atoms with van der Waals surface area (Å²) in [6.45, 7) is 3.70. The lowest BCUT2D eigenvalue weighted by Gasteiger charge is -2.32. The minimum Gasteiger partial charge on any atom is -0.304 e. The van der Waals surface area contributed by atoms with Gasteiger partial charge in [-0.2, -0.15) is 12.6 Å². The second kappa shape index (κ2) is 6.93. The molecule has 1 aliphatic rings. The third-order valence-electron chi connectivity index (χ3n) is 3.35. The number of hydrazine groups is 1. The molecule has 0 radical (unpaired) electrons. The van der Waals surface area contributed by atoms with Crippen molar-refractivity contribution >= 4 is 18.5 Å². The molecule has 1 fully saturated rings. The molecule has 0 spiro atoms. The molecule has 1 aromatic rings. The van der Waals surface area contributed by atoms with Gasteiger partial charge in [0.2, 0.25) is 5.91 Å². The number of carbonyl (C=O) groups excluding carboxylic acids is 1. The Kier molecular flexibility index (Phi) is 5.24. The highest BCUT2D eigenvalue weighted by molar-refractivity contribution is 7.81. The maximum Gasteiger partial charge on any atom is 0.247 e. The van der Waals surface area contributed by atoms with Crippen LogP contribution in [0.15, 0.2) is 30.3 Å². The van der Waals surface area contributed by atoms with Gasteiger partial charge in [-0.3, -0.25) is 10.2 Å². The first-order valence-electron chi connectivity index (χ1n) is 6.61. The number of hydrogen-bond acceptors (Lipinski definition) is 4. The van der Waals surface area contributed by atoms with E-state index in [1.54, 1.807) is 0 Å². The van der Waals surface area contributed by atoms with Crippen LogP contribution in [0.25, 0.3) is 0 Å². The minimum absolute atomic E-state index is 0.0169. The largest absolute Gasteiger partial charge is 0.304 e. The summed E-state index contributed by atoms with van der Waals surface area (Å²) in [6.07, 6.45) is 0.656. The lowest BCUT2D eigenvalue weighted by molar-refractivity contribution is -0.126. The molecule has 4 nitrogen and oxygen atoms in total. The quantitative estimate of drug-likeness (QED) is 0.801. The molecule has 1 unspecified atom stereocenters. The van der Waals surface area contributed by atoms with Gasteiger partial charge in [-0.25, -0.2) is 5.01 Å². The lowest BCUT2D eigenvalue weighted by Crippen LogP contribution is -2.54. The van der Waals surface area contributed by atoms with E-state index in [9.17, 15) is 4.79 Å². The van der Waals surface area contributed by atoms with Crippen LogP contribution in [-0.4, -0.2) is 54.3 Å². The Balaban J connectivity index is 1.79. The van der Waals surface area contributed by atoms with Crippen LogP contribution in [0, 0.1) is 0 Å². The second-order valence-electron chi connectivity index (χ2n) is 4.97. The van der Waals surface area contributed by atoms with Gasteiger partial charge in [0, 0.05) is 26.2 Å². The molecule has 1 aliphatic heterocycles. The van der Waals surface area contributed by atoms with Gasteiger partial charge < -0.3 is 4.90 Å². The van der Waals surface area contributed by atoms with Gasteiger partial charge >= 0.3 is 0 Å². The van der Waals surface area contributed by atoms with E-state index in [1.807, 2.05) is 35.3 Å². The van der Waals surface area contributed by atoms with Crippen LogP contribution in [0.3, 0.4) is 0 Å². The summed E-state index contributed by atoms with van der Waals surface area (Å²) in [6, 6.07) is 9.97. The highest BCUT2D eigenvalue weighted by atomic mass is 32.1. The zero-order chi connectivity index (χ0) is 13.7. The number of piperazine rings is 1. The lowest BCUT2D eigenvalue weighted by atomic mass is 10.1. The predicted molar refractivity (Wildman–Crippen MR) is 80.1 cm³/mol. The summed E-state index contributed by atoms with van der Waals surface area (Å²) in [5.74, 6) is -0.0169. The van der Waals surface area contributed by atoms with E-state index in [2.05, 4.69) is 30.0 Å². The minimum atomic E-state index is -0.304. The Morgan fingerprint density at radius 2 is 1.89 bits per heavy atom. The molecule has 1 N–H and O–H groups in total. The molecule has 0 saturated carbocycles. The first-order valence-corrected chi connectivity index (χ1v) is 7.13. The summed E-state index contributed by atoms with van der Waals surface area (Å²) < 4.78 is 0. The zero-order valence-electron chi connectivity index (χ0n) is 11.2. The van der Waals surface area contributed by atoms with Crippen molar-refractivity contribution in [2.24, 2.45) is 0 Å². The third kappa shape index (κ3) is 4.53. The summed E-state index contributed by atoms with van der Waals surface area (Å²) in [7, 11) is 2.09. The molecule has 1 heterocycles. The summed E-state index contributed by atoms with van der Waals surface area (Å²) in [5, 5.41) is 1.68. The van der Waals surface area contributed by atoms with Crippen molar-refractivity contribution in [1.82, 2.24) is 15.3 Å². The molecule has 2 rings (SSSR count). The highest BCUT2D eigenvalue weighted by Gasteiger charge is 2.19. The molecule has 0 bridgehead atoms. The number of amides is 1. The van der Waals surface area contributed by atoms with Crippen LogP contribution < -0.4 is 5.43 Å². The van der Waals surface area contributed by atoms with Gasteiger partial charge in [-0.15, -0.1) is 0 Å². The van der Waals surface area contributed by atoms with Crippen molar-refractivity contribution in [3.63, 3.8) is 0 Å². The molecule has 1 saturated heterocycles. The van der Waals surface area contributed by atoms with Gasteiger partial charge in [0.15, 0.2) is 0 Å². The van der Waals surface area contributed by atoms with E-state index >= 15 is 0 Å². The van der Waals surface area contributed by atoms with Crippen molar-refractivity contribution in [1.29, 1.82) is 0 Å². The third-order valence-corrected chi connectivity index (χ3v) is 3.76. The fourth-order valence-corrected chi connectivity index (χ4v) is 2.35. The normalized spacial score (nSPS) is 19.1. The van der Waals surface area contributed by atoms with Crippen LogP contribution in [-0.2, 0) is 11.2 Å². The predicted octanol–water partition coefficient (Wildman–Crippen LogP) is 0.806. The number of rotatable bonds is 4. The molecule has 104 valence electrons. The summed E-state index contributed by atoms with van der Waals surface area (Å²) in [5.41, 5.74) is 4.09. The van der Waals surface area contributed by atoms with Crippen LogP contribution in [0.4, 0.5) is 0 Å². The molecule has 0 aliphatic carbocycles. The van der Waals surface area contributed by atoms with E-state index in [-0.39, 0.29) is 11.2 Å². The Bertz CT molecular complexity index is 404. The number of hydrogen-bond donors (Lipinski definition) is 2. The van der Waals surface area contributed by atoms with Crippen LogP contribution >= 0.6 is 12.6 Å². The Morgan fingerprint density at radius 3 is 2.53 bits per heavy atom. The zero-order valence-corrected chi connectivity index (χ0v) is 12.1. The molecule has 0 aromatic heterocycles. The standard InChI is InChI=1S/C14H21N3OS/c1-16-7-9-17(10-8-16)15-14(18)13(19)11-12-5-3-2-4-6-12/h2-6,13,19H,7-11H2,1H3,(H,15,18). The number of nitrogens with zero attached hydrogens (tertiary/aromatic N) is 2. The maximum absolute atomic E-state index is 12.1. The topological polar surface area (TPSA) is 35.6 Å². The van der Waals surface area contributed by atoms with E-state index in [1.165, 1.54) is 0 Å². The van der Waals surface area contributed by atoms with Crippen LogP contribution in [0.5, 0.6) is 0 Å². The van der Waals surface area contributed by atoms with Crippen LogP contribution in [0.1, 0.15) is 5.56 Å². The molecule has 1 aromatic carbocycles. The molecular weight excluding hydrogens is 258 g/mol. The van der Waals surface area contributed by atoms with Crippen molar-refractivity contribution in [3.8, 4) is 0 Å². The van der Waals surface area contributed by atoms with Gasteiger partial charge in [-0.05, 0) is 19.0 Å². The van der Waals surface area contributed by atoms with E-state index in [0.717, 1.165) is 31.7 Å². The molecule has 5 heteroatoms. The van der Waals surface area contributed by atoms with Crippen molar-refractivity contribution < 1.29 is 4.79 Å². The Morgan fingerprint density at radius 1 is 1.26 bits per heavy atom. The molecular formula is C14H21N3OS. The second-order valence-corrected chi connectivity index (χ2v) is 5.60. The maximum atomic E-state index is 12.1. The van der Waals surface area contributed by atoms with E-state index in [4.69, 9.17) is 0 Å². The van der Waals surface area contributed by atoms with Crippen molar-refractivity contribution in [2.75, 3.05) is 33.2 Å². The van der Waals surface area contributed by atoms with Crippen molar-refractivity contribution in [2.45, 2.75) is 11.7 Å². The first-order chi connectivity index (χ1) is 9.15. The first kappa shape index (κ1) is 14.4. The number of thiol groups is 1. The van der Waals surface area contributed by atoms with Gasteiger partial charge in [-0.1, -0.05) is 30.3 Å². The average molecular weight is 279 g/mol. The monoisotopic (exact) mass is 279 g/mol. The van der Waals surface area contributed by atoms with Gasteiger partial charge in [0.25, 0.3) is 0 Å². The number of carbonyl (C=O) groups is 1. The van der Waals surface area contributed by atoms with Crippen LogP contribution in [0.2, 0.25) is 0 Å². The fraction of sp³-hybridized carbons (Fsp3) is 0.500. The van der Waals surface area contributed by atoms with Crippen molar-refractivity contribution in [3.05, 3.63) is 35.9 Å². The van der Waals surface area contributed by atoms with Gasteiger partial charge in [0.05, 0.1) is 5.25 Å². The Labute approximate surface area is 120 Å². The summed E-state index contributed by atoms with van der Waals surface area (Å²) >= 11 is 4.40. The Hall–Kier alpha value is -1.04. The SMILES string of the molecule is CN1CCN(NC(=O)C(S)Cc2ccccc2)CC1. The highest BCUT2D eigenvalue weighted by Crippen LogP contribution is 2.08. The number of nitrogens with one attached hydrogen (secondary N) is 1. The molecule has 1 amide bonds. The number of benzene rings is 1. The average Bonchev–Trinajstić information content (AvgIpc) is 2.42. The summed E-state index contributed by atoms with van der Waals surface area (Å²) in [4.78, 5) is 14.3. The van der Waals surface area contributed by atoms with E-state index in [0.29, 0.717) is 6.42 Å². The number of likely N-dealkylation sites (N-methyl/N-ethyl adjacent to an activating group) is 1. The molecule has 1 atom stereocenters. The van der Waals surface area contributed by atoms with Gasteiger partial charge in [0.1, 0.15) is 0 Å².